The molecular formula is C27H34N4O4S. The molecule has 8 nitrogen and oxygen atoms in total. The zero-order valence-corrected chi connectivity index (χ0v) is 21.6. The molecule has 1 saturated carbocycles. The van der Waals surface area contributed by atoms with Crippen molar-refractivity contribution < 1.29 is 19.1 Å². The number of hydrogen-bond donors (Lipinski definition) is 0. The van der Waals surface area contributed by atoms with E-state index in [0.717, 1.165) is 60.8 Å². The van der Waals surface area contributed by atoms with Gasteiger partial charge in [-0.2, -0.15) is 5.10 Å². The van der Waals surface area contributed by atoms with Gasteiger partial charge < -0.3 is 14.4 Å². The summed E-state index contributed by atoms with van der Waals surface area (Å²) >= 11 is 1.62. The van der Waals surface area contributed by atoms with Crippen LogP contribution in [0.2, 0.25) is 0 Å². The van der Waals surface area contributed by atoms with Crippen molar-refractivity contribution >= 4 is 28.9 Å². The lowest BCUT2D eigenvalue weighted by Gasteiger charge is -2.34. The Morgan fingerprint density at radius 1 is 1.17 bits per heavy atom. The van der Waals surface area contributed by atoms with Crippen LogP contribution in [0.1, 0.15) is 42.2 Å². The van der Waals surface area contributed by atoms with Gasteiger partial charge in [0.15, 0.2) is 0 Å². The number of morpholine rings is 1. The van der Waals surface area contributed by atoms with Crippen molar-refractivity contribution in [3.63, 3.8) is 0 Å². The Kier molecular flexibility index (Phi) is 7.99. The van der Waals surface area contributed by atoms with Crippen molar-refractivity contribution in [3.05, 3.63) is 52.2 Å². The summed E-state index contributed by atoms with van der Waals surface area (Å²) in [4.78, 5) is 32.2. The Morgan fingerprint density at radius 3 is 2.67 bits per heavy atom. The first-order valence-electron chi connectivity index (χ1n) is 12.8. The number of benzene rings is 1. The molecule has 0 spiro atoms. The molecule has 3 heterocycles. The number of thiophene rings is 1. The Morgan fingerprint density at radius 2 is 1.97 bits per heavy atom. The normalized spacial score (nSPS) is 20.6. The van der Waals surface area contributed by atoms with Gasteiger partial charge in [-0.05, 0) is 30.4 Å². The van der Waals surface area contributed by atoms with Crippen molar-refractivity contribution in [1.82, 2.24) is 14.8 Å². The van der Waals surface area contributed by atoms with Crippen LogP contribution in [0.15, 0.2) is 46.9 Å². The molecule has 2 fully saturated rings. The number of carbonyl (C=O) groups is 2. The van der Waals surface area contributed by atoms with Crippen molar-refractivity contribution in [2.45, 2.75) is 31.7 Å². The number of nitrogens with zero attached hydrogens (tertiary/aromatic N) is 4. The summed E-state index contributed by atoms with van der Waals surface area (Å²) < 4.78 is 11.1. The largest absolute Gasteiger partial charge is 0.496 e. The summed E-state index contributed by atoms with van der Waals surface area (Å²) in [5, 5.41) is 8.40. The zero-order valence-electron chi connectivity index (χ0n) is 20.8. The van der Waals surface area contributed by atoms with Crippen molar-refractivity contribution in [2.24, 2.45) is 11.0 Å². The second-order valence-electron chi connectivity index (χ2n) is 9.57. The number of ether oxygens (including phenoxy) is 2. The van der Waals surface area contributed by atoms with E-state index in [1.165, 1.54) is 0 Å². The maximum atomic E-state index is 13.8. The van der Waals surface area contributed by atoms with E-state index in [2.05, 4.69) is 4.90 Å². The minimum absolute atomic E-state index is 0.0343. The molecule has 2 aromatic rings. The molecule has 9 heteroatoms. The first-order valence-corrected chi connectivity index (χ1v) is 13.7. The number of hydrogen-bond acceptors (Lipinski definition) is 7. The van der Waals surface area contributed by atoms with E-state index in [9.17, 15) is 9.59 Å². The SMILES string of the molecule is COc1ccccc1C1CC(c2cccs2)=NN1C(=O)CN(CCN1CCOCC1)C(=O)C1CCC1. The summed E-state index contributed by atoms with van der Waals surface area (Å²) in [5.74, 6) is 0.708. The minimum atomic E-state index is -0.273. The third kappa shape index (κ3) is 5.48. The molecule has 1 saturated heterocycles. The van der Waals surface area contributed by atoms with E-state index in [-0.39, 0.29) is 30.3 Å². The molecule has 5 rings (SSSR count). The molecule has 2 aliphatic heterocycles. The highest BCUT2D eigenvalue weighted by molar-refractivity contribution is 7.12. The molecular weight excluding hydrogens is 476 g/mol. The summed E-state index contributed by atoms with van der Waals surface area (Å²) in [6.45, 7) is 4.46. The van der Waals surface area contributed by atoms with E-state index in [1.54, 1.807) is 28.4 Å². The summed E-state index contributed by atoms with van der Waals surface area (Å²) in [5.41, 5.74) is 1.81. The molecule has 192 valence electrons. The molecule has 2 amide bonds. The van der Waals surface area contributed by atoms with Crippen LogP contribution in [0.25, 0.3) is 0 Å². The smallest absolute Gasteiger partial charge is 0.262 e. The first kappa shape index (κ1) is 24.9. The number of carbonyl (C=O) groups excluding carboxylic acids is 2. The van der Waals surface area contributed by atoms with Crippen LogP contribution in [-0.4, -0.2) is 85.4 Å². The van der Waals surface area contributed by atoms with Crippen LogP contribution in [0.5, 0.6) is 5.75 Å². The number of hydrazone groups is 1. The van der Waals surface area contributed by atoms with Gasteiger partial charge in [-0.25, -0.2) is 5.01 Å². The lowest BCUT2D eigenvalue weighted by molar-refractivity contribution is -0.145. The lowest BCUT2D eigenvalue weighted by atomic mass is 9.84. The van der Waals surface area contributed by atoms with Gasteiger partial charge >= 0.3 is 0 Å². The Hall–Kier alpha value is -2.75. The van der Waals surface area contributed by atoms with Crippen molar-refractivity contribution in [3.8, 4) is 5.75 Å². The fourth-order valence-electron chi connectivity index (χ4n) is 5.02. The average molecular weight is 511 g/mol. The van der Waals surface area contributed by atoms with Crippen molar-refractivity contribution in [2.75, 3.05) is 53.0 Å². The Balaban J connectivity index is 1.36. The van der Waals surface area contributed by atoms with Gasteiger partial charge in [0, 0.05) is 44.1 Å². The molecule has 1 aliphatic carbocycles. The summed E-state index contributed by atoms with van der Waals surface area (Å²) in [7, 11) is 1.64. The fourth-order valence-corrected chi connectivity index (χ4v) is 5.74. The lowest BCUT2D eigenvalue weighted by Crippen LogP contribution is -2.49. The Labute approximate surface area is 216 Å². The van der Waals surface area contributed by atoms with Gasteiger partial charge in [-0.3, -0.25) is 14.5 Å². The highest BCUT2D eigenvalue weighted by atomic mass is 32.1. The monoisotopic (exact) mass is 510 g/mol. The van der Waals surface area contributed by atoms with Crippen LogP contribution in [0, 0.1) is 5.92 Å². The molecule has 1 atom stereocenters. The highest BCUT2D eigenvalue weighted by Gasteiger charge is 2.37. The standard InChI is InChI=1S/C27H34N4O4S/c1-34-24-9-3-2-8-21(24)23-18-22(25-10-5-17-36-25)28-31(23)26(32)19-30(27(33)20-6-4-7-20)12-11-29-13-15-35-16-14-29/h2-3,5,8-10,17,20,23H,4,6-7,11-16,18-19H2,1H3. The van der Waals surface area contributed by atoms with E-state index in [4.69, 9.17) is 14.6 Å². The third-order valence-electron chi connectivity index (χ3n) is 7.35. The van der Waals surface area contributed by atoms with E-state index < -0.39 is 0 Å². The topological polar surface area (TPSA) is 74.7 Å². The predicted molar refractivity (Wildman–Crippen MR) is 139 cm³/mol. The second kappa shape index (κ2) is 11.5. The number of rotatable bonds is 9. The maximum Gasteiger partial charge on any atom is 0.262 e. The Bertz CT molecular complexity index is 1080. The number of para-hydroxylation sites is 1. The van der Waals surface area contributed by atoms with E-state index in [1.807, 2.05) is 41.8 Å². The zero-order chi connectivity index (χ0) is 24.9. The van der Waals surface area contributed by atoms with Crippen molar-refractivity contribution in [1.29, 1.82) is 0 Å². The third-order valence-corrected chi connectivity index (χ3v) is 8.27. The number of amides is 2. The molecule has 3 aliphatic rings. The molecule has 36 heavy (non-hydrogen) atoms. The predicted octanol–water partition coefficient (Wildman–Crippen LogP) is 3.40. The molecule has 1 aromatic carbocycles. The van der Waals surface area contributed by atoms with Gasteiger partial charge in [0.2, 0.25) is 5.91 Å². The fraction of sp³-hybridized carbons (Fsp3) is 0.519. The molecule has 0 N–H and O–H groups in total. The van der Waals surface area contributed by atoms with Crippen LogP contribution < -0.4 is 4.74 Å². The first-order chi connectivity index (χ1) is 17.6. The second-order valence-corrected chi connectivity index (χ2v) is 10.5. The van der Waals surface area contributed by atoms with Crippen LogP contribution in [0.4, 0.5) is 0 Å². The van der Waals surface area contributed by atoms with Gasteiger partial charge in [0.25, 0.3) is 5.91 Å². The van der Waals surface area contributed by atoms with Crippen LogP contribution in [-0.2, 0) is 14.3 Å². The summed E-state index contributed by atoms with van der Waals surface area (Å²) in [6.07, 6.45) is 3.51. The van der Waals surface area contributed by atoms with Gasteiger partial charge in [0.05, 0.1) is 37.0 Å². The molecule has 0 radical (unpaired) electrons. The summed E-state index contributed by atoms with van der Waals surface area (Å²) in [6, 6.07) is 11.5. The molecule has 1 aromatic heterocycles. The number of methoxy groups -OCH3 is 1. The molecule has 0 bridgehead atoms. The average Bonchev–Trinajstić information content (AvgIpc) is 3.56. The van der Waals surface area contributed by atoms with Gasteiger partial charge in [-0.15, -0.1) is 11.3 Å². The highest BCUT2D eigenvalue weighted by Crippen LogP contribution is 2.38. The van der Waals surface area contributed by atoms with Crippen LogP contribution >= 0.6 is 11.3 Å². The maximum absolute atomic E-state index is 13.8. The van der Waals surface area contributed by atoms with Gasteiger partial charge in [-0.1, -0.05) is 30.7 Å². The van der Waals surface area contributed by atoms with E-state index in [0.29, 0.717) is 26.2 Å². The quantitative estimate of drug-likeness (QED) is 0.517. The van der Waals surface area contributed by atoms with Gasteiger partial charge in [0.1, 0.15) is 12.3 Å². The minimum Gasteiger partial charge on any atom is -0.496 e. The van der Waals surface area contributed by atoms with Crippen LogP contribution in [0.3, 0.4) is 0 Å². The van der Waals surface area contributed by atoms with E-state index >= 15 is 0 Å². The molecule has 1 unspecified atom stereocenters.